The van der Waals surface area contributed by atoms with Gasteiger partial charge in [0.2, 0.25) is 5.91 Å². The second-order valence-corrected chi connectivity index (χ2v) is 6.37. The van der Waals surface area contributed by atoms with E-state index < -0.39 is 6.10 Å². The van der Waals surface area contributed by atoms with Gasteiger partial charge in [-0.15, -0.1) is 0 Å². The summed E-state index contributed by atoms with van der Waals surface area (Å²) in [5, 5.41) is 17.1. The van der Waals surface area contributed by atoms with Crippen LogP contribution in [0.3, 0.4) is 0 Å². The zero-order valence-electron chi connectivity index (χ0n) is 12.5. The second kappa shape index (κ2) is 6.16. The molecule has 1 aromatic carbocycles. The minimum Gasteiger partial charge on any atom is -0.387 e. The van der Waals surface area contributed by atoms with Crippen molar-refractivity contribution in [2.24, 2.45) is 0 Å². The molecule has 4 heteroatoms. The van der Waals surface area contributed by atoms with Crippen LogP contribution in [-0.4, -0.2) is 29.1 Å². The lowest BCUT2D eigenvalue weighted by Crippen LogP contribution is -2.46. The number of aliphatic hydroxyl groups is 1. The monoisotopic (exact) mass is 288 g/mol. The molecule has 2 atom stereocenters. The van der Waals surface area contributed by atoms with E-state index in [4.69, 9.17) is 0 Å². The lowest BCUT2D eigenvalue weighted by atomic mass is 9.90. The zero-order valence-corrected chi connectivity index (χ0v) is 12.5. The Morgan fingerprint density at radius 3 is 2.48 bits per heavy atom. The average Bonchev–Trinajstić information content (AvgIpc) is 2.78. The van der Waals surface area contributed by atoms with Crippen molar-refractivity contribution >= 4 is 5.91 Å². The molecule has 0 aliphatic heterocycles. The van der Waals surface area contributed by atoms with E-state index in [1.54, 1.807) is 6.92 Å². The van der Waals surface area contributed by atoms with Crippen LogP contribution >= 0.6 is 0 Å². The summed E-state index contributed by atoms with van der Waals surface area (Å²) in [5.74, 6) is 0.0630. The maximum atomic E-state index is 11.1. The van der Waals surface area contributed by atoms with Gasteiger partial charge in [-0.05, 0) is 43.2 Å². The first kappa shape index (κ1) is 14.5. The molecule has 1 aromatic rings. The first-order valence-corrected chi connectivity index (χ1v) is 7.92. The molecule has 1 saturated carbocycles. The molecule has 0 bridgehead atoms. The van der Waals surface area contributed by atoms with Crippen LogP contribution in [0.1, 0.15) is 49.8 Å². The minimum absolute atomic E-state index is 0.0630. The molecule has 2 aliphatic carbocycles. The first-order chi connectivity index (χ1) is 10.1. The smallest absolute Gasteiger partial charge is 0.217 e. The van der Waals surface area contributed by atoms with Gasteiger partial charge in [0.1, 0.15) is 0 Å². The highest BCUT2D eigenvalue weighted by molar-refractivity contribution is 5.73. The van der Waals surface area contributed by atoms with Gasteiger partial charge in [-0.2, -0.15) is 0 Å². The highest BCUT2D eigenvalue weighted by atomic mass is 16.3. The van der Waals surface area contributed by atoms with Crippen molar-refractivity contribution < 1.29 is 9.90 Å². The molecule has 3 rings (SSSR count). The van der Waals surface area contributed by atoms with E-state index in [1.807, 2.05) is 18.2 Å². The fourth-order valence-corrected chi connectivity index (χ4v) is 3.72. The number of nitrogens with one attached hydrogen (secondary N) is 2. The summed E-state index contributed by atoms with van der Waals surface area (Å²) in [6, 6.07) is 9.05. The van der Waals surface area contributed by atoms with Crippen LogP contribution in [-0.2, 0) is 11.2 Å². The fraction of sp³-hybridized carbons (Fsp3) is 0.588. The summed E-state index contributed by atoms with van der Waals surface area (Å²) in [4.78, 5) is 11.1. The van der Waals surface area contributed by atoms with Gasteiger partial charge < -0.3 is 15.7 Å². The van der Waals surface area contributed by atoms with Crippen LogP contribution in [0.4, 0.5) is 0 Å². The number of hydrogen-bond donors (Lipinski definition) is 3. The summed E-state index contributed by atoms with van der Waals surface area (Å²) in [6.45, 7) is 1.58. The Balaban J connectivity index is 1.52. The number of benzene rings is 1. The molecule has 0 unspecified atom stereocenters. The van der Waals surface area contributed by atoms with Crippen molar-refractivity contribution in [1.29, 1.82) is 0 Å². The van der Waals surface area contributed by atoms with Gasteiger partial charge in [0, 0.05) is 25.0 Å². The lowest BCUT2D eigenvalue weighted by molar-refractivity contribution is -0.119. The topological polar surface area (TPSA) is 61.4 Å². The number of aliphatic hydroxyl groups excluding tert-OH is 1. The van der Waals surface area contributed by atoms with Crippen LogP contribution in [0.25, 0.3) is 0 Å². The molecule has 0 saturated heterocycles. The van der Waals surface area contributed by atoms with E-state index in [2.05, 4.69) is 16.7 Å². The van der Waals surface area contributed by atoms with Crippen molar-refractivity contribution in [3.8, 4) is 0 Å². The standard InChI is InChI=1S/C17H24N2O2/c1-11(20)18-13-6-8-14(9-7-13)19-16-10-12-4-2-3-5-15(12)17(16)21/h2-5,13-14,16-17,19,21H,6-10H2,1H3,(H,18,20)/t13?,14?,16-,17-/m1/s1. The average molecular weight is 288 g/mol. The van der Waals surface area contributed by atoms with Crippen molar-refractivity contribution in [2.75, 3.05) is 0 Å². The number of amides is 1. The Hall–Kier alpha value is -1.39. The van der Waals surface area contributed by atoms with Crippen molar-refractivity contribution in [1.82, 2.24) is 10.6 Å². The molecule has 4 nitrogen and oxygen atoms in total. The summed E-state index contributed by atoms with van der Waals surface area (Å²) in [5.41, 5.74) is 2.33. The summed E-state index contributed by atoms with van der Waals surface area (Å²) in [7, 11) is 0. The third-order valence-electron chi connectivity index (χ3n) is 4.78. The van der Waals surface area contributed by atoms with E-state index in [-0.39, 0.29) is 11.9 Å². The molecule has 0 spiro atoms. The quantitative estimate of drug-likeness (QED) is 0.793. The Morgan fingerprint density at radius 2 is 1.81 bits per heavy atom. The van der Waals surface area contributed by atoms with Crippen LogP contribution in [0, 0.1) is 0 Å². The van der Waals surface area contributed by atoms with Crippen LogP contribution < -0.4 is 10.6 Å². The zero-order chi connectivity index (χ0) is 14.8. The number of fused-ring (bicyclic) bond motifs is 1. The lowest BCUT2D eigenvalue weighted by Gasteiger charge is -2.32. The molecular formula is C17H24N2O2. The molecule has 21 heavy (non-hydrogen) atoms. The molecule has 1 amide bonds. The summed E-state index contributed by atoms with van der Waals surface area (Å²) >= 11 is 0. The van der Waals surface area contributed by atoms with E-state index in [1.165, 1.54) is 5.56 Å². The largest absolute Gasteiger partial charge is 0.387 e. The SMILES string of the molecule is CC(=O)NC1CCC(N[C@@H]2Cc3ccccc3[C@H]2O)CC1. The molecular weight excluding hydrogens is 264 g/mol. The molecule has 1 fully saturated rings. The third-order valence-corrected chi connectivity index (χ3v) is 4.78. The van der Waals surface area contributed by atoms with Gasteiger partial charge in [0.25, 0.3) is 0 Å². The predicted octanol–water partition coefficient (Wildman–Crippen LogP) is 1.68. The Bertz CT molecular complexity index is 509. The third kappa shape index (κ3) is 3.27. The number of hydrogen-bond acceptors (Lipinski definition) is 3. The van der Waals surface area contributed by atoms with Gasteiger partial charge >= 0.3 is 0 Å². The maximum absolute atomic E-state index is 11.1. The molecule has 0 aromatic heterocycles. The normalized spacial score (nSPS) is 31.7. The van der Waals surface area contributed by atoms with Crippen LogP contribution in [0.15, 0.2) is 24.3 Å². The van der Waals surface area contributed by atoms with Crippen molar-refractivity contribution in [2.45, 2.75) is 63.3 Å². The van der Waals surface area contributed by atoms with Gasteiger partial charge in [0.05, 0.1) is 6.10 Å². The Kier molecular flexibility index (Phi) is 4.27. The fourth-order valence-electron chi connectivity index (χ4n) is 3.72. The first-order valence-electron chi connectivity index (χ1n) is 7.92. The van der Waals surface area contributed by atoms with E-state index in [9.17, 15) is 9.90 Å². The highest BCUT2D eigenvalue weighted by Crippen LogP contribution is 2.32. The number of carbonyl (C=O) groups is 1. The maximum Gasteiger partial charge on any atom is 0.217 e. The van der Waals surface area contributed by atoms with Gasteiger partial charge in [0.15, 0.2) is 0 Å². The molecule has 3 N–H and O–H groups in total. The molecule has 114 valence electrons. The Morgan fingerprint density at radius 1 is 1.14 bits per heavy atom. The van der Waals surface area contributed by atoms with Crippen molar-refractivity contribution in [3.05, 3.63) is 35.4 Å². The van der Waals surface area contributed by atoms with Crippen molar-refractivity contribution in [3.63, 3.8) is 0 Å². The highest BCUT2D eigenvalue weighted by Gasteiger charge is 2.33. The van der Waals surface area contributed by atoms with E-state index >= 15 is 0 Å². The number of rotatable bonds is 3. The summed E-state index contributed by atoms with van der Waals surface area (Å²) in [6.07, 6.45) is 4.67. The van der Waals surface area contributed by atoms with E-state index in [0.29, 0.717) is 12.1 Å². The van der Waals surface area contributed by atoms with Gasteiger partial charge in [-0.3, -0.25) is 4.79 Å². The van der Waals surface area contributed by atoms with Gasteiger partial charge in [-0.25, -0.2) is 0 Å². The van der Waals surface area contributed by atoms with Crippen LogP contribution in [0.2, 0.25) is 0 Å². The number of carbonyl (C=O) groups excluding carboxylic acids is 1. The minimum atomic E-state index is -0.394. The molecule has 0 heterocycles. The van der Waals surface area contributed by atoms with Crippen LogP contribution in [0.5, 0.6) is 0 Å². The summed E-state index contributed by atoms with van der Waals surface area (Å²) < 4.78 is 0. The predicted molar refractivity (Wildman–Crippen MR) is 81.9 cm³/mol. The molecule has 2 aliphatic rings. The Labute approximate surface area is 125 Å². The molecule has 0 radical (unpaired) electrons. The van der Waals surface area contributed by atoms with E-state index in [0.717, 1.165) is 37.7 Å². The van der Waals surface area contributed by atoms with Gasteiger partial charge in [-0.1, -0.05) is 24.3 Å². The second-order valence-electron chi connectivity index (χ2n) is 6.37.